The van der Waals surface area contributed by atoms with Gasteiger partial charge >= 0.3 is 146 Å². The molecule has 2 aliphatic carbocycles. The van der Waals surface area contributed by atoms with E-state index in [-0.39, 0.29) is 22.4 Å². The third-order valence-electron chi connectivity index (χ3n) is 4.57. The van der Waals surface area contributed by atoms with Crippen LogP contribution in [-0.2, 0) is 22.4 Å². The van der Waals surface area contributed by atoms with Crippen LogP contribution in [0.1, 0.15) is 26.7 Å². The van der Waals surface area contributed by atoms with Crippen LogP contribution in [0.25, 0.3) is 16.7 Å². The summed E-state index contributed by atoms with van der Waals surface area (Å²) >= 11 is -0.369. The zero-order valence-corrected chi connectivity index (χ0v) is 16.7. The fourth-order valence-electron chi connectivity index (χ4n) is 3.69. The van der Waals surface area contributed by atoms with Crippen LogP contribution in [0.5, 0.6) is 0 Å². The van der Waals surface area contributed by atoms with Gasteiger partial charge in [-0.3, -0.25) is 0 Å². The summed E-state index contributed by atoms with van der Waals surface area (Å²) in [5.41, 5.74) is 9.36. The minimum atomic E-state index is -0.461. The van der Waals surface area contributed by atoms with Crippen LogP contribution in [0.15, 0.2) is 60.7 Å². The summed E-state index contributed by atoms with van der Waals surface area (Å²) in [5, 5.41) is 0. The van der Waals surface area contributed by atoms with E-state index in [9.17, 15) is 0 Å². The van der Waals surface area contributed by atoms with Gasteiger partial charge in [0.25, 0.3) is 0 Å². The van der Waals surface area contributed by atoms with Crippen molar-refractivity contribution in [1.82, 2.24) is 0 Å². The molecule has 2 heteroatoms. The van der Waals surface area contributed by atoms with Crippen molar-refractivity contribution in [2.75, 3.05) is 0 Å². The Morgan fingerprint density at radius 2 is 1.73 bits per heavy atom. The fourth-order valence-corrected chi connectivity index (χ4v) is 13.6. The topological polar surface area (TPSA) is 0 Å². The summed E-state index contributed by atoms with van der Waals surface area (Å²) in [6, 6.07) is 16.1. The molecule has 1 atom stereocenters. The van der Waals surface area contributed by atoms with Crippen LogP contribution in [0, 0.1) is 0 Å². The maximum atomic E-state index is 2.55. The molecule has 108 valence electrons. The standard InChI is InChI=1S/C18H13.C2H7Si.Zr/c1-2-7-13(6-1)15-10-5-11-17-16-9-4-3-8-14(16)12-18(15)17;1-3-2;/h1-6,8-12H,7H2;3H,1-2H3;. The Bertz CT molecular complexity index is 786. The quantitative estimate of drug-likeness (QED) is 0.646. The monoisotopic (exact) mass is 378 g/mol. The molecule has 0 saturated carbocycles. The first-order chi connectivity index (χ1) is 10.8. The Morgan fingerprint density at radius 1 is 0.955 bits per heavy atom. The Hall–Kier alpha value is -0.980. The van der Waals surface area contributed by atoms with Gasteiger partial charge in [0.1, 0.15) is 0 Å². The molecule has 0 amide bonds. The summed E-state index contributed by atoms with van der Waals surface area (Å²) in [7, 11) is 0. The summed E-state index contributed by atoms with van der Waals surface area (Å²) in [5.74, 6) is -0.461. The molecule has 0 heterocycles. The van der Waals surface area contributed by atoms with Crippen molar-refractivity contribution < 1.29 is 22.4 Å². The summed E-state index contributed by atoms with van der Waals surface area (Å²) in [6.07, 6.45) is 7.91. The van der Waals surface area contributed by atoms with Crippen molar-refractivity contribution in [3.05, 3.63) is 77.4 Å². The first-order valence-corrected chi connectivity index (χ1v) is 16.7. The molecule has 0 aromatic heterocycles. The molecule has 0 saturated heterocycles. The van der Waals surface area contributed by atoms with E-state index in [0.717, 1.165) is 10.0 Å². The molecule has 0 spiro atoms. The molecule has 4 rings (SSSR count). The number of hydrogen-bond donors (Lipinski definition) is 0. The van der Waals surface area contributed by atoms with Crippen molar-refractivity contribution in [3.8, 4) is 11.1 Å². The molecule has 2 aromatic rings. The van der Waals surface area contributed by atoms with E-state index in [1.165, 1.54) is 22.3 Å². The number of benzene rings is 2. The number of rotatable bonds is 3. The summed E-state index contributed by atoms with van der Waals surface area (Å²) in [6.45, 7) is 5.09. The van der Waals surface area contributed by atoms with Crippen molar-refractivity contribution in [3.63, 3.8) is 0 Å². The Labute approximate surface area is 145 Å². The third kappa shape index (κ3) is 2.37. The summed E-state index contributed by atoms with van der Waals surface area (Å²) in [4.78, 5) is 0. The molecular formula is C20H20SiZr. The fraction of sp³-hybridized carbons (Fsp3) is 0.200. The van der Waals surface area contributed by atoms with Gasteiger partial charge in [0.15, 0.2) is 0 Å². The maximum absolute atomic E-state index is 2.55. The second-order valence-corrected chi connectivity index (χ2v) is 21.5. The second-order valence-electron chi connectivity index (χ2n) is 6.43. The molecule has 2 aromatic carbocycles. The number of fused-ring (bicyclic) bond motifs is 3. The van der Waals surface area contributed by atoms with E-state index in [1.54, 1.807) is 11.1 Å². The van der Waals surface area contributed by atoms with Gasteiger partial charge in [0.05, 0.1) is 0 Å². The van der Waals surface area contributed by atoms with E-state index in [4.69, 9.17) is 0 Å². The van der Waals surface area contributed by atoms with Crippen molar-refractivity contribution in [2.45, 2.75) is 23.1 Å². The number of allylic oxidation sites excluding steroid dienone is 4. The normalized spacial score (nSPS) is 18.3. The molecule has 1 unspecified atom stereocenters. The minimum absolute atomic E-state index is 0.369. The van der Waals surface area contributed by atoms with E-state index in [1.807, 2.05) is 0 Å². The third-order valence-corrected chi connectivity index (χ3v) is 14.4. The molecule has 0 radical (unpaired) electrons. The van der Waals surface area contributed by atoms with E-state index in [0.29, 0.717) is 0 Å². The summed E-state index contributed by atoms with van der Waals surface area (Å²) < 4.78 is 0.777. The van der Waals surface area contributed by atoms with E-state index >= 15 is 0 Å². The average molecular weight is 380 g/mol. The van der Waals surface area contributed by atoms with Gasteiger partial charge in [-0.25, -0.2) is 0 Å². The van der Waals surface area contributed by atoms with Gasteiger partial charge < -0.3 is 0 Å². The zero-order chi connectivity index (χ0) is 15.1. The van der Waals surface area contributed by atoms with Gasteiger partial charge in [-0.15, -0.1) is 0 Å². The van der Waals surface area contributed by atoms with Crippen LogP contribution in [0.2, 0.25) is 13.1 Å². The Balaban J connectivity index is 1.92. The van der Waals surface area contributed by atoms with Crippen LogP contribution in [0.4, 0.5) is 0 Å². The molecule has 22 heavy (non-hydrogen) atoms. The van der Waals surface area contributed by atoms with Crippen LogP contribution < -0.4 is 0 Å². The molecule has 0 fully saturated rings. The van der Waals surface area contributed by atoms with Gasteiger partial charge in [0.2, 0.25) is 0 Å². The Kier molecular flexibility index (Phi) is 3.92. The predicted molar refractivity (Wildman–Crippen MR) is 94.3 cm³/mol. The Morgan fingerprint density at radius 3 is 2.50 bits per heavy atom. The molecular weight excluding hydrogens is 360 g/mol. The average Bonchev–Trinajstić information content (AvgIpc) is 3.15. The molecule has 0 N–H and O–H groups in total. The van der Waals surface area contributed by atoms with Crippen molar-refractivity contribution >= 4 is 11.5 Å². The molecule has 2 aliphatic rings. The van der Waals surface area contributed by atoms with Gasteiger partial charge in [-0.2, -0.15) is 0 Å². The van der Waals surface area contributed by atoms with Crippen LogP contribution >= 0.6 is 0 Å². The van der Waals surface area contributed by atoms with Gasteiger partial charge in [-0.1, -0.05) is 0 Å². The van der Waals surface area contributed by atoms with Gasteiger partial charge in [-0.05, 0) is 0 Å². The van der Waals surface area contributed by atoms with E-state index < -0.39 is 5.92 Å². The van der Waals surface area contributed by atoms with Crippen LogP contribution in [-0.4, -0.2) is 5.92 Å². The van der Waals surface area contributed by atoms with E-state index in [2.05, 4.69) is 73.8 Å². The molecule has 0 bridgehead atoms. The van der Waals surface area contributed by atoms with Gasteiger partial charge in [0, 0.05) is 0 Å². The SMILES string of the molecule is C[SiH](C)[Zr][CH]1c2ccccc2-c2cccc(C3=CC=CC3)c21. The predicted octanol–water partition coefficient (Wildman–Crippen LogP) is 5.17. The molecule has 0 aliphatic heterocycles. The van der Waals surface area contributed by atoms with Crippen LogP contribution in [0.3, 0.4) is 0 Å². The molecule has 0 nitrogen and oxygen atoms in total. The first kappa shape index (κ1) is 14.6. The van der Waals surface area contributed by atoms with Crippen molar-refractivity contribution in [1.29, 1.82) is 0 Å². The first-order valence-electron chi connectivity index (χ1n) is 8.10. The second kappa shape index (κ2) is 5.91. The zero-order valence-electron chi connectivity index (χ0n) is 13.1. The number of hydrogen-bond acceptors (Lipinski definition) is 0. The van der Waals surface area contributed by atoms with Crippen molar-refractivity contribution in [2.24, 2.45) is 0 Å².